The van der Waals surface area contributed by atoms with E-state index < -0.39 is 10.5 Å². The van der Waals surface area contributed by atoms with Gasteiger partial charge in [0.05, 0.1) is 15.3 Å². The molecule has 0 aromatic carbocycles. The average molecular weight is 268 g/mol. The molecule has 0 spiro atoms. The summed E-state index contributed by atoms with van der Waals surface area (Å²) in [5.41, 5.74) is 5.33. The maximum atomic E-state index is 10.6. The van der Waals surface area contributed by atoms with Gasteiger partial charge in [-0.1, -0.05) is 23.4 Å². The van der Waals surface area contributed by atoms with Crippen molar-refractivity contribution in [1.82, 2.24) is 10.1 Å². The van der Waals surface area contributed by atoms with Crippen LogP contribution in [-0.2, 0) is 5.54 Å². The van der Waals surface area contributed by atoms with Gasteiger partial charge in [0.2, 0.25) is 0 Å². The highest BCUT2D eigenvalue weighted by molar-refractivity contribution is 7.18. The third-order valence-electron chi connectivity index (χ3n) is 2.65. The van der Waals surface area contributed by atoms with Gasteiger partial charge in [-0.05, 0) is 19.4 Å². The first-order valence-corrected chi connectivity index (χ1v) is 6.13. The summed E-state index contributed by atoms with van der Waals surface area (Å²) in [4.78, 5) is 14.9. The Hall–Kier alpha value is -1.80. The number of nitrogens with zero attached hydrogens (tertiary/aromatic N) is 3. The number of nitro groups is 1. The van der Waals surface area contributed by atoms with Crippen LogP contribution >= 0.6 is 11.3 Å². The summed E-state index contributed by atoms with van der Waals surface area (Å²) in [5, 5.41) is 14.4. The first kappa shape index (κ1) is 12.7. The van der Waals surface area contributed by atoms with Crippen LogP contribution in [0.5, 0.6) is 0 Å². The predicted octanol–water partition coefficient (Wildman–Crippen LogP) is 2.29. The van der Waals surface area contributed by atoms with Gasteiger partial charge in [0.1, 0.15) is 0 Å². The highest BCUT2D eigenvalue weighted by Gasteiger charge is 2.26. The Kier molecular flexibility index (Phi) is 3.14. The van der Waals surface area contributed by atoms with Gasteiger partial charge >= 0.3 is 5.00 Å². The Morgan fingerprint density at radius 3 is 2.89 bits per heavy atom. The molecular weight excluding hydrogens is 256 g/mol. The minimum Gasteiger partial charge on any atom is -0.333 e. The Labute approximate surface area is 107 Å². The van der Waals surface area contributed by atoms with E-state index in [0.29, 0.717) is 17.1 Å². The summed E-state index contributed by atoms with van der Waals surface area (Å²) in [6, 6.07) is 2.99. The largest absolute Gasteiger partial charge is 0.333 e. The van der Waals surface area contributed by atoms with E-state index in [1.165, 1.54) is 6.07 Å². The van der Waals surface area contributed by atoms with Crippen LogP contribution in [0.15, 0.2) is 16.7 Å². The van der Waals surface area contributed by atoms with E-state index in [4.69, 9.17) is 10.3 Å². The molecule has 0 radical (unpaired) electrons. The van der Waals surface area contributed by atoms with E-state index in [-0.39, 0.29) is 10.9 Å². The van der Waals surface area contributed by atoms with E-state index >= 15 is 0 Å². The molecule has 0 aliphatic heterocycles. The number of rotatable bonds is 4. The molecule has 1 atom stereocenters. The van der Waals surface area contributed by atoms with Gasteiger partial charge < -0.3 is 10.3 Å². The van der Waals surface area contributed by atoms with Crippen LogP contribution < -0.4 is 5.73 Å². The normalized spacial score (nSPS) is 14.4. The SMILES string of the molecule is CCC(C)(N)c1noc(-c2ccc([N+](=O)[O-])s2)n1. The summed E-state index contributed by atoms with van der Waals surface area (Å²) in [7, 11) is 0. The third-order valence-corrected chi connectivity index (χ3v) is 3.68. The van der Waals surface area contributed by atoms with E-state index in [1.807, 2.05) is 6.92 Å². The van der Waals surface area contributed by atoms with Gasteiger partial charge in [-0.25, -0.2) is 0 Å². The molecule has 2 rings (SSSR count). The van der Waals surface area contributed by atoms with E-state index in [9.17, 15) is 10.1 Å². The summed E-state index contributed by atoms with van der Waals surface area (Å²) in [6.45, 7) is 3.73. The maximum absolute atomic E-state index is 10.6. The van der Waals surface area contributed by atoms with Crippen LogP contribution in [0.2, 0.25) is 0 Å². The fourth-order valence-corrected chi connectivity index (χ4v) is 2.00. The molecule has 0 aliphatic carbocycles. The van der Waals surface area contributed by atoms with Crippen LogP contribution in [0.1, 0.15) is 26.1 Å². The first-order chi connectivity index (χ1) is 8.44. The van der Waals surface area contributed by atoms with E-state index in [1.54, 1.807) is 13.0 Å². The second kappa shape index (κ2) is 4.46. The van der Waals surface area contributed by atoms with E-state index in [2.05, 4.69) is 10.1 Å². The number of nitrogens with two attached hydrogens (primary N) is 1. The maximum Gasteiger partial charge on any atom is 0.324 e. The van der Waals surface area contributed by atoms with Crippen LogP contribution in [0.4, 0.5) is 5.00 Å². The molecule has 2 heterocycles. The molecule has 0 amide bonds. The summed E-state index contributed by atoms with van der Waals surface area (Å²) >= 11 is 0.989. The predicted molar refractivity (Wildman–Crippen MR) is 66.1 cm³/mol. The number of hydrogen-bond acceptors (Lipinski definition) is 7. The Bertz CT molecular complexity index is 575. The van der Waals surface area contributed by atoms with Crippen molar-refractivity contribution in [2.45, 2.75) is 25.8 Å². The van der Waals surface area contributed by atoms with Gasteiger partial charge in [-0.2, -0.15) is 4.98 Å². The lowest BCUT2D eigenvalue weighted by Crippen LogP contribution is -2.33. The zero-order valence-electron chi connectivity index (χ0n) is 9.91. The van der Waals surface area contributed by atoms with Crippen molar-refractivity contribution in [3.05, 3.63) is 28.1 Å². The molecule has 0 bridgehead atoms. The van der Waals surface area contributed by atoms with Crippen molar-refractivity contribution in [2.75, 3.05) is 0 Å². The summed E-state index contributed by atoms with van der Waals surface area (Å²) in [5.74, 6) is 0.657. The molecule has 2 aromatic rings. The standard InChI is InChI=1S/C10H12N4O3S/c1-3-10(2,11)9-12-8(17-13-9)6-4-5-7(18-6)14(15)16/h4-5H,3,11H2,1-2H3. The van der Waals surface area contributed by atoms with Crippen LogP contribution in [-0.4, -0.2) is 15.1 Å². The molecular formula is C10H12N4O3S. The van der Waals surface area contributed by atoms with Gasteiger partial charge in [-0.3, -0.25) is 10.1 Å². The monoisotopic (exact) mass is 268 g/mol. The fraction of sp³-hybridized carbons (Fsp3) is 0.400. The number of aromatic nitrogens is 2. The molecule has 0 saturated heterocycles. The van der Waals surface area contributed by atoms with Crippen molar-refractivity contribution in [3.8, 4) is 10.8 Å². The summed E-state index contributed by atoms with van der Waals surface area (Å²) < 4.78 is 5.08. The molecule has 7 nitrogen and oxygen atoms in total. The molecule has 0 saturated carbocycles. The van der Waals surface area contributed by atoms with E-state index in [0.717, 1.165) is 11.3 Å². The molecule has 0 aliphatic rings. The molecule has 1 unspecified atom stereocenters. The fourth-order valence-electron chi connectivity index (χ4n) is 1.25. The third kappa shape index (κ3) is 2.24. The van der Waals surface area contributed by atoms with Crippen LogP contribution in [0.25, 0.3) is 10.8 Å². The van der Waals surface area contributed by atoms with Crippen LogP contribution in [0, 0.1) is 10.1 Å². The zero-order chi connectivity index (χ0) is 13.3. The Morgan fingerprint density at radius 1 is 1.61 bits per heavy atom. The van der Waals surface area contributed by atoms with Gasteiger partial charge in [0.15, 0.2) is 5.82 Å². The number of thiophene rings is 1. The second-order valence-electron chi connectivity index (χ2n) is 4.09. The van der Waals surface area contributed by atoms with Crippen molar-refractivity contribution >= 4 is 16.3 Å². The number of hydrogen-bond donors (Lipinski definition) is 1. The minimum atomic E-state index is -0.662. The Balaban J connectivity index is 2.32. The van der Waals surface area contributed by atoms with Crippen LogP contribution in [0.3, 0.4) is 0 Å². The van der Waals surface area contributed by atoms with Crippen molar-refractivity contribution < 1.29 is 9.45 Å². The topological polar surface area (TPSA) is 108 Å². The molecule has 96 valence electrons. The molecule has 8 heteroatoms. The quantitative estimate of drug-likeness (QED) is 0.673. The van der Waals surface area contributed by atoms with Crippen molar-refractivity contribution in [2.24, 2.45) is 5.73 Å². The minimum absolute atomic E-state index is 0.0377. The lowest BCUT2D eigenvalue weighted by atomic mass is 10.0. The Morgan fingerprint density at radius 2 is 2.33 bits per heavy atom. The second-order valence-corrected chi connectivity index (χ2v) is 5.15. The lowest BCUT2D eigenvalue weighted by Gasteiger charge is -2.16. The first-order valence-electron chi connectivity index (χ1n) is 5.31. The molecule has 2 N–H and O–H groups in total. The highest BCUT2D eigenvalue weighted by atomic mass is 32.1. The van der Waals surface area contributed by atoms with Crippen molar-refractivity contribution in [1.29, 1.82) is 0 Å². The smallest absolute Gasteiger partial charge is 0.324 e. The lowest BCUT2D eigenvalue weighted by molar-refractivity contribution is -0.380. The molecule has 0 fully saturated rings. The van der Waals surface area contributed by atoms with Crippen molar-refractivity contribution in [3.63, 3.8) is 0 Å². The summed E-state index contributed by atoms with van der Waals surface area (Å²) in [6.07, 6.45) is 0.663. The zero-order valence-corrected chi connectivity index (χ0v) is 10.7. The van der Waals surface area contributed by atoms with Gasteiger partial charge in [0.25, 0.3) is 5.89 Å². The van der Waals surface area contributed by atoms with Gasteiger partial charge in [0, 0.05) is 6.07 Å². The highest BCUT2D eigenvalue weighted by Crippen LogP contribution is 2.32. The molecule has 18 heavy (non-hydrogen) atoms. The molecule has 2 aromatic heterocycles. The average Bonchev–Trinajstić information content (AvgIpc) is 2.97. The van der Waals surface area contributed by atoms with Gasteiger partial charge in [-0.15, -0.1) is 0 Å².